The number of nitrogens with zero attached hydrogens (tertiary/aromatic N) is 2. The number of aromatic amines is 1. The highest BCUT2D eigenvalue weighted by Crippen LogP contribution is 2.35. The van der Waals surface area contributed by atoms with Crippen LogP contribution in [0.25, 0.3) is 0 Å². The maximum atomic E-state index is 14.5. The molecule has 2 atom stereocenters. The molecule has 2 heterocycles. The van der Waals surface area contributed by atoms with Crippen LogP contribution < -0.4 is 5.32 Å². The number of ether oxygens (including phenoxy) is 1. The molecule has 0 aliphatic carbocycles. The highest BCUT2D eigenvalue weighted by Gasteiger charge is 2.36. The lowest BCUT2D eigenvalue weighted by Gasteiger charge is -2.35. The van der Waals surface area contributed by atoms with Crippen LogP contribution in [0.4, 0.5) is 9.18 Å². The number of amides is 2. The van der Waals surface area contributed by atoms with E-state index in [0.29, 0.717) is 23.7 Å². The molecule has 0 spiro atoms. The molecule has 2 amide bonds. The second kappa shape index (κ2) is 7.33. The van der Waals surface area contributed by atoms with Crippen molar-refractivity contribution in [3.8, 4) is 0 Å². The number of rotatable bonds is 3. The number of benzene rings is 1. The Morgan fingerprint density at radius 2 is 2.27 bits per heavy atom. The minimum Gasteiger partial charge on any atom is -0.467 e. The zero-order valence-corrected chi connectivity index (χ0v) is 15.0. The van der Waals surface area contributed by atoms with Gasteiger partial charge in [-0.1, -0.05) is 11.6 Å². The van der Waals surface area contributed by atoms with Gasteiger partial charge < -0.3 is 19.9 Å². The normalized spacial score (nSPS) is 17.4. The first-order valence-corrected chi connectivity index (χ1v) is 8.42. The summed E-state index contributed by atoms with van der Waals surface area (Å²) < 4.78 is 19.1. The van der Waals surface area contributed by atoms with Gasteiger partial charge in [-0.05, 0) is 25.1 Å². The third-order valence-corrected chi connectivity index (χ3v) is 4.57. The SMILES string of the molecule is COC(=O)[C@H](C)NC(=O)N1CCc2[nH]cnc2C1c1cc(Cl)ccc1F. The number of imidazole rings is 1. The summed E-state index contributed by atoms with van der Waals surface area (Å²) in [5, 5.41) is 2.93. The number of fused-ring (bicyclic) bond motifs is 1. The summed E-state index contributed by atoms with van der Waals surface area (Å²) in [6.45, 7) is 1.84. The maximum Gasteiger partial charge on any atom is 0.328 e. The molecule has 2 aromatic rings. The Morgan fingerprint density at radius 1 is 1.50 bits per heavy atom. The first-order chi connectivity index (χ1) is 12.4. The van der Waals surface area contributed by atoms with Crippen LogP contribution in [0.3, 0.4) is 0 Å². The molecule has 0 saturated carbocycles. The number of urea groups is 1. The molecule has 9 heteroatoms. The molecule has 1 aliphatic rings. The van der Waals surface area contributed by atoms with Crippen molar-refractivity contribution < 1.29 is 18.7 Å². The maximum absolute atomic E-state index is 14.5. The summed E-state index contributed by atoms with van der Waals surface area (Å²) in [5.74, 6) is -1.06. The number of aromatic nitrogens is 2. The minimum absolute atomic E-state index is 0.242. The number of hydrogen-bond acceptors (Lipinski definition) is 4. The number of esters is 1. The van der Waals surface area contributed by atoms with E-state index in [-0.39, 0.29) is 5.56 Å². The van der Waals surface area contributed by atoms with E-state index in [1.807, 2.05) is 0 Å². The molecule has 1 aromatic heterocycles. The predicted octanol–water partition coefficient (Wildman–Crippen LogP) is 2.42. The largest absolute Gasteiger partial charge is 0.467 e. The Hall–Kier alpha value is -2.61. The molecule has 26 heavy (non-hydrogen) atoms. The van der Waals surface area contributed by atoms with E-state index in [4.69, 9.17) is 11.6 Å². The van der Waals surface area contributed by atoms with Gasteiger partial charge in [-0.2, -0.15) is 0 Å². The standard InChI is InChI=1S/C17H18ClFN4O3/c1-9(16(24)26-2)22-17(25)23-6-5-13-14(21-8-20-13)15(23)11-7-10(18)3-4-12(11)19/h3-4,7-9,15H,5-6H2,1-2H3,(H,20,21)(H,22,25)/t9-,15?/m0/s1. The van der Waals surface area contributed by atoms with Crippen LogP contribution >= 0.6 is 11.6 Å². The van der Waals surface area contributed by atoms with Gasteiger partial charge >= 0.3 is 12.0 Å². The molecule has 1 aromatic carbocycles. The van der Waals surface area contributed by atoms with Crippen LogP contribution in [0, 0.1) is 5.82 Å². The first kappa shape index (κ1) is 18.2. The summed E-state index contributed by atoms with van der Waals surface area (Å²) in [6.07, 6.45) is 2.05. The fraction of sp³-hybridized carbons (Fsp3) is 0.353. The Bertz CT molecular complexity index is 841. The van der Waals surface area contributed by atoms with Gasteiger partial charge in [-0.3, -0.25) is 0 Å². The van der Waals surface area contributed by atoms with Crippen LogP contribution in [0.5, 0.6) is 0 Å². The second-order valence-electron chi connectivity index (χ2n) is 5.97. The van der Waals surface area contributed by atoms with Gasteiger partial charge in [0, 0.05) is 29.2 Å². The van der Waals surface area contributed by atoms with Crippen LogP contribution in [-0.2, 0) is 16.0 Å². The van der Waals surface area contributed by atoms with Crippen molar-refractivity contribution in [3.63, 3.8) is 0 Å². The third-order valence-electron chi connectivity index (χ3n) is 4.33. The fourth-order valence-corrected chi connectivity index (χ4v) is 3.22. The number of hydrogen-bond donors (Lipinski definition) is 2. The molecule has 0 bridgehead atoms. The van der Waals surface area contributed by atoms with Gasteiger partial charge in [0.2, 0.25) is 0 Å². The molecular formula is C17H18ClFN4O3. The van der Waals surface area contributed by atoms with Gasteiger partial charge in [0.05, 0.1) is 19.1 Å². The van der Waals surface area contributed by atoms with Gasteiger partial charge in [0.25, 0.3) is 0 Å². The molecular weight excluding hydrogens is 363 g/mol. The van der Waals surface area contributed by atoms with Gasteiger partial charge in [0.15, 0.2) is 0 Å². The zero-order chi connectivity index (χ0) is 18.8. The number of carbonyl (C=O) groups is 2. The number of carbonyl (C=O) groups excluding carboxylic acids is 2. The van der Waals surface area contributed by atoms with E-state index in [2.05, 4.69) is 20.0 Å². The predicted molar refractivity (Wildman–Crippen MR) is 92.3 cm³/mol. The van der Waals surface area contributed by atoms with E-state index in [0.717, 1.165) is 5.69 Å². The summed E-state index contributed by atoms with van der Waals surface area (Å²) in [5.41, 5.74) is 1.63. The highest BCUT2D eigenvalue weighted by atomic mass is 35.5. The molecule has 0 radical (unpaired) electrons. The van der Waals surface area contributed by atoms with Crippen molar-refractivity contribution in [2.24, 2.45) is 0 Å². The van der Waals surface area contributed by atoms with E-state index in [9.17, 15) is 14.0 Å². The Labute approximate surface area is 154 Å². The summed E-state index contributed by atoms with van der Waals surface area (Å²) in [6, 6.07) is 2.08. The monoisotopic (exact) mass is 380 g/mol. The molecule has 138 valence electrons. The Morgan fingerprint density at radius 3 is 3.00 bits per heavy atom. The number of halogens is 2. The average Bonchev–Trinajstić information content (AvgIpc) is 3.10. The molecule has 1 aliphatic heterocycles. The zero-order valence-electron chi connectivity index (χ0n) is 14.3. The minimum atomic E-state index is -0.835. The van der Waals surface area contributed by atoms with Crippen molar-refractivity contribution in [2.75, 3.05) is 13.7 Å². The molecule has 7 nitrogen and oxygen atoms in total. The van der Waals surface area contributed by atoms with Crippen LogP contribution in [0.2, 0.25) is 5.02 Å². The highest BCUT2D eigenvalue weighted by molar-refractivity contribution is 6.30. The molecule has 0 saturated heterocycles. The summed E-state index contributed by atoms with van der Waals surface area (Å²) in [7, 11) is 1.24. The fourth-order valence-electron chi connectivity index (χ4n) is 3.04. The number of nitrogens with one attached hydrogen (secondary N) is 2. The van der Waals surface area contributed by atoms with Gasteiger partial charge in [-0.25, -0.2) is 19.0 Å². The van der Waals surface area contributed by atoms with Crippen LogP contribution in [0.1, 0.15) is 29.9 Å². The van der Waals surface area contributed by atoms with Gasteiger partial charge in [0.1, 0.15) is 17.9 Å². The second-order valence-corrected chi connectivity index (χ2v) is 6.41. The quantitative estimate of drug-likeness (QED) is 0.800. The summed E-state index contributed by atoms with van der Waals surface area (Å²) >= 11 is 6.03. The third kappa shape index (κ3) is 3.37. The van der Waals surface area contributed by atoms with Crippen molar-refractivity contribution >= 4 is 23.6 Å². The molecule has 2 N–H and O–H groups in total. The molecule has 1 unspecified atom stereocenters. The number of methoxy groups -OCH3 is 1. The van der Waals surface area contributed by atoms with Crippen molar-refractivity contribution in [2.45, 2.75) is 25.4 Å². The first-order valence-electron chi connectivity index (χ1n) is 8.04. The Kier molecular flexibility index (Phi) is 5.13. The molecule has 0 fully saturated rings. The van der Waals surface area contributed by atoms with Crippen molar-refractivity contribution in [1.82, 2.24) is 20.2 Å². The van der Waals surface area contributed by atoms with Gasteiger partial charge in [-0.15, -0.1) is 0 Å². The summed E-state index contributed by atoms with van der Waals surface area (Å²) in [4.78, 5) is 33.1. The lowest BCUT2D eigenvalue weighted by molar-refractivity contribution is -0.142. The smallest absolute Gasteiger partial charge is 0.328 e. The van der Waals surface area contributed by atoms with E-state index >= 15 is 0 Å². The average molecular weight is 381 g/mol. The van der Waals surface area contributed by atoms with E-state index < -0.39 is 29.9 Å². The number of H-pyrrole nitrogens is 1. The lowest BCUT2D eigenvalue weighted by atomic mass is 9.95. The molecule has 3 rings (SSSR count). The topological polar surface area (TPSA) is 87.3 Å². The van der Waals surface area contributed by atoms with Crippen molar-refractivity contribution in [1.29, 1.82) is 0 Å². The van der Waals surface area contributed by atoms with Crippen LogP contribution in [-0.4, -0.2) is 46.6 Å². The Balaban J connectivity index is 1.97. The van der Waals surface area contributed by atoms with E-state index in [1.165, 1.54) is 43.5 Å². The lowest BCUT2D eigenvalue weighted by Crippen LogP contribution is -2.50. The van der Waals surface area contributed by atoms with Crippen molar-refractivity contribution in [3.05, 3.63) is 52.3 Å². The van der Waals surface area contributed by atoms with E-state index in [1.54, 1.807) is 0 Å². The van der Waals surface area contributed by atoms with Crippen LogP contribution in [0.15, 0.2) is 24.5 Å².